The van der Waals surface area contributed by atoms with Crippen molar-refractivity contribution in [1.29, 1.82) is 0 Å². The highest BCUT2D eigenvalue weighted by molar-refractivity contribution is 7.80. The average molecular weight is 426 g/mol. The van der Waals surface area contributed by atoms with Crippen molar-refractivity contribution in [3.05, 3.63) is 63.6 Å². The topological polar surface area (TPSA) is 79.5 Å². The number of amides is 2. The molecular weight excluding hydrogens is 409 g/mol. The lowest BCUT2D eigenvalue weighted by Gasteiger charge is -2.12. The summed E-state index contributed by atoms with van der Waals surface area (Å²) in [5, 5.41) is 2.92. The molecule has 0 saturated carbocycles. The van der Waals surface area contributed by atoms with Gasteiger partial charge >= 0.3 is 0 Å². The second kappa shape index (κ2) is 10.1. The zero-order valence-corrected chi connectivity index (χ0v) is 16.7. The highest BCUT2D eigenvalue weighted by Crippen LogP contribution is 2.20. The number of hydrazine groups is 1. The molecule has 0 atom stereocenters. The molecule has 9 heteroatoms. The number of carbonyl (C=O) groups excluding carboxylic acids is 2. The summed E-state index contributed by atoms with van der Waals surface area (Å²) in [5.41, 5.74) is 6.14. The minimum absolute atomic E-state index is 0.0802. The van der Waals surface area contributed by atoms with Crippen LogP contribution in [0.1, 0.15) is 22.8 Å². The van der Waals surface area contributed by atoms with E-state index in [2.05, 4.69) is 23.1 Å². The normalized spacial score (nSPS) is 10.0. The van der Waals surface area contributed by atoms with Gasteiger partial charge in [-0.1, -0.05) is 42.3 Å². The number of aryl methyl sites for hydroxylation is 1. The molecule has 0 radical (unpaired) electrons. The number of nitrogens with one attached hydrogen (secondary N) is 3. The quantitative estimate of drug-likeness (QED) is 0.505. The van der Waals surface area contributed by atoms with Gasteiger partial charge in [0.05, 0.1) is 10.6 Å². The van der Waals surface area contributed by atoms with E-state index in [1.807, 2.05) is 12.1 Å². The molecule has 27 heavy (non-hydrogen) atoms. The van der Waals surface area contributed by atoms with E-state index in [4.69, 9.17) is 40.2 Å². The molecule has 2 aromatic rings. The van der Waals surface area contributed by atoms with Gasteiger partial charge in [0, 0.05) is 5.02 Å². The molecule has 0 fully saturated rings. The Morgan fingerprint density at radius 2 is 1.78 bits per heavy atom. The van der Waals surface area contributed by atoms with Crippen molar-refractivity contribution in [3.63, 3.8) is 0 Å². The zero-order valence-electron chi connectivity index (χ0n) is 14.3. The van der Waals surface area contributed by atoms with Gasteiger partial charge in [-0.25, -0.2) is 0 Å². The molecule has 0 bridgehead atoms. The van der Waals surface area contributed by atoms with Crippen molar-refractivity contribution in [1.82, 2.24) is 16.2 Å². The Labute approximate surface area is 172 Å². The van der Waals surface area contributed by atoms with E-state index in [9.17, 15) is 9.59 Å². The molecule has 0 saturated heterocycles. The number of hydrogen-bond acceptors (Lipinski definition) is 4. The molecule has 142 valence electrons. The molecular formula is C18H17Cl2N3O3S. The van der Waals surface area contributed by atoms with Crippen molar-refractivity contribution < 1.29 is 14.3 Å². The fourth-order valence-electron chi connectivity index (χ4n) is 2.02. The van der Waals surface area contributed by atoms with E-state index in [1.54, 1.807) is 12.1 Å². The summed E-state index contributed by atoms with van der Waals surface area (Å²) < 4.78 is 5.37. The van der Waals surface area contributed by atoms with Crippen LogP contribution in [-0.4, -0.2) is 23.5 Å². The molecule has 0 aliphatic heterocycles. The average Bonchev–Trinajstić information content (AvgIpc) is 2.65. The van der Waals surface area contributed by atoms with Crippen molar-refractivity contribution in [2.24, 2.45) is 0 Å². The number of benzene rings is 2. The zero-order chi connectivity index (χ0) is 19.8. The van der Waals surface area contributed by atoms with Gasteiger partial charge in [-0.2, -0.15) is 0 Å². The van der Waals surface area contributed by atoms with Gasteiger partial charge in [-0.05, 0) is 54.5 Å². The smallest absolute Gasteiger partial charge is 0.271 e. The van der Waals surface area contributed by atoms with Crippen LogP contribution in [0.2, 0.25) is 10.0 Å². The Morgan fingerprint density at radius 1 is 1.07 bits per heavy atom. The highest BCUT2D eigenvalue weighted by Gasteiger charge is 2.12. The molecule has 0 aromatic heterocycles. The van der Waals surface area contributed by atoms with Crippen LogP contribution in [0.25, 0.3) is 0 Å². The predicted octanol–water partition coefficient (Wildman–Crippen LogP) is 3.27. The Bertz CT molecular complexity index is 844. The Kier molecular flexibility index (Phi) is 7.84. The van der Waals surface area contributed by atoms with Crippen LogP contribution in [0.15, 0.2) is 42.5 Å². The maximum absolute atomic E-state index is 12.0. The van der Waals surface area contributed by atoms with Crippen LogP contribution in [0, 0.1) is 0 Å². The molecule has 0 aliphatic carbocycles. The van der Waals surface area contributed by atoms with Crippen molar-refractivity contribution in [3.8, 4) is 5.75 Å². The molecule has 0 heterocycles. The fourth-order valence-corrected chi connectivity index (χ4v) is 2.68. The highest BCUT2D eigenvalue weighted by atomic mass is 35.5. The van der Waals surface area contributed by atoms with Crippen LogP contribution in [0.5, 0.6) is 5.75 Å². The van der Waals surface area contributed by atoms with Crippen LogP contribution in [0.3, 0.4) is 0 Å². The van der Waals surface area contributed by atoms with Crippen LogP contribution in [-0.2, 0) is 11.2 Å². The third kappa shape index (κ3) is 6.71. The van der Waals surface area contributed by atoms with Crippen molar-refractivity contribution in [2.45, 2.75) is 13.3 Å². The molecule has 2 amide bonds. The number of halogens is 2. The lowest BCUT2D eigenvalue weighted by molar-refractivity contribution is -0.121. The first-order chi connectivity index (χ1) is 12.9. The van der Waals surface area contributed by atoms with E-state index in [0.717, 1.165) is 6.42 Å². The number of hydrogen-bond donors (Lipinski definition) is 3. The Hall–Kier alpha value is -2.35. The van der Waals surface area contributed by atoms with Gasteiger partial charge in [-0.15, -0.1) is 0 Å². The summed E-state index contributed by atoms with van der Waals surface area (Å²) in [6.45, 7) is 1.83. The first kappa shape index (κ1) is 21.0. The summed E-state index contributed by atoms with van der Waals surface area (Å²) in [7, 11) is 0. The van der Waals surface area contributed by atoms with Crippen LogP contribution < -0.4 is 20.9 Å². The van der Waals surface area contributed by atoms with Gasteiger partial charge < -0.3 is 4.74 Å². The largest absolute Gasteiger partial charge is 0.484 e. The van der Waals surface area contributed by atoms with E-state index < -0.39 is 11.8 Å². The van der Waals surface area contributed by atoms with Crippen molar-refractivity contribution >= 4 is 52.3 Å². The predicted molar refractivity (Wildman–Crippen MR) is 109 cm³/mol. The monoisotopic (exact) mass is 425 g/mol. The lowest BCUT2D eigenvalue weighted by atomic mass is 10.2. The molecule has 6 nitrogen and oxygen atoms in total. The third-order valence-electron chi connectivity index (χ3n) is 3.42. The van der Waals surface area contributed by atoms with E-state index >= 15 is 0 Å². The minimum Gasteiger partial charge on any atom is -0.484 e. The molecule has 0 spiro atoms. The molecule has 2 aromatic carbocycles. The van der Waals surface area contributed by atoms with Gasteiger partial charge in [0.1, 0.15) is 5.75 Å². The van der Waals surface area contributed by atoms with Crippen molar-refractivity contribution in [2.75, 3.05) is 6.61 Å². The van der Waals surface area contributed by atoms with Gasteiger partial charge in [0.2, 0.25) is 0 Å². The van der Waals surface area contributed by atoms with E-state index in [1.165, 1.54) is 23.8 Å². The number of rotatable bonds is 5. The van der Waals surface area contributed by atoms with Crippen LogP contribution >= 0.6 is 35.4 Å². The summed E-state index contributed by atoms with van der Waals surface area (Å²) in [4.78, 5) is 23.9. The summed E-state index contributed by atoms with van der Waals surface area (Å²) in [5.74, 6) is -0.418. The minimum atomic E-state index is -0.527. The maximum Gasteiger partial charge on any atom is 0.271 e. The maximum atomic E-state index is 12.0. The summed E-state index contributed by atoms with van der Waals surface area (Å²) in [6, 6.07) is 11.9. The van der Waals surface area contributed by atoms with Gasteiger partial charge in [0.15, 0.2) is 11.7 Å². The Balaban J connectivity index is 1.75. The van der Waals surface area contributed by atoms with Crippen LogP contribution in [0.4, 0.5) is 0 Å². The van der Waals surface area contributed by atoms with Gasteiger partial charge in [0.25, 0.3) is 11.8 Å². The molecule has 2 rings (SSSR count). The molecule has 3 N–H and O–H groups in total. The SMILES string of the molecule is CCc1ccc(OCC(=O)NC(=S)NNC(=O)c2ccc(Cl)cc2Cl)cc1. The molecule has 0 aliphatic rings. The number of carbonyl (C=O) groups is 2. The first-order valence-electron chi connectivity index (χ1n) is 7.96. The van der Waals surface area contributed by atoms with Gasteiger partial charge in [-0.3, -0.25) is 25.8 Å². The summed E-state index contributed by atoms with van der Waals surface area (Å²) >= 11 is 16.7. The van der Waals surface area contributed by atoms with E-state index in [-0.39, 0.29) is 22.3 Å². The number of thiocarbonyl (C=S) groups is 1. The summed E-state index contributed by atoms with van der Waals surface area (Å²) in [6.07, 6.45) is 0.924. The second-order valence-electron chi connectivity index (χ2n) is 5.37. The fraction of sp³-hybridized carbons (Fsp3) is 0.167. The lowest BCUT2D eigenvalue weighted by Crippen LogP contribution is -2.49. The third-order valence-corrected chi connectivity index (χ3v) is 4.17. The molecule has 0 unspecified atom stereocenters. The first-order valence-corrected chi connectivity index (χ1v) is 9.12. The Morgan fingerprint density at radius 3 is 2.41 bits per heavy atom. The second-order valence-corrected chi connectivity index (χ2v) is 6.62. The standard InChI is InChI=1S/C18H17Cl2N3O3S/c1-2-11-3-6-13(7-4-11)26-10-16(24)21-18(27)23-22-17(25)14-8-5-12(19)9-15(14)20/h3-9H,2,10H2,1H3,(H,22,25)(H2,21,23,24,27). The number of ether oxygens (including phenoxy) is 1. The van der Waals surface area contributed by atoms with E-state index in [0.29, 0.717) is 10.8 Å².